The summed E-state index contributed by atoms with van der Waals surface area (Å²) in [5.74, 6) is 0.723. The Hall–Kier alpha value is -0.160. The van der Waals surface area contributed by atoms with Gasteiger partial charge in [-0.2, -0.15) is 0 Å². The molecular formula is C13H25NO3. The minimum atomic E-state index is 0.00803. The summed E-state index contributed by atoms with van der Waals surface area (Å²) >= 11 is 0. The molecule has 4 heteroatoms. The van der Waals surface area contributed by atoms with Crippen molar-refractivity contribution in [2.24, 2.45) is 11.3 Å². The zero-order valence-electron chi connectivity index (χ0n) is 10.9. The molecule has 1 atom stereocenters. The van der Waals surface area contributed by atoms with Crippen LogP contribution in [0.15, 0.2) is 0 Å². The Kier molecular flexibility index (Phi) is 4.79. The molecule has 0 radical (unpaired) electrons. The SMILES string of the molecule is COCC1CCN(CC2(CO)CCOC2)CC1. The Labute approximate surface area is 104 Å². The van der Waals surface area contributed by atoms with Crippen molar-refractivity contribution < 1.29 is 14.6 Å². The summed E-state index contributed by atoms with van der Waals surface area (Å²) in [5.41, 5.74) is 0.00803. The number of hydrogen-bond donors (Lipinski definition) is 1. The third-order valence-corrected chi connectivity index (χ3v) is 4.19. The fraction of sp³-hybridized carbons (Fsp3) is 1.00. The van der Waals surface area contributed by atoms with Crippen molar-refractivity contribution in [1.82, 2.24) is 4.90 Å². The number of aliphatic hydroxyl groups excluding tert-OH is 1. The van der Waals surface area contributed by atoms with Crippen molar-refractivity contribution in [2.75, 3.05) is 53.2 Å². The quantitative estimate of drug-likeness (QED) is 0.773. The lowest BCUT2D eigenvalue weighted by Gasteiger charge is -2.37. The monoisotopic (exact) mass is 243 g/mol. The summed E-state index contributed by atoms with van der Waals surface area (Å²) in [6, 6.07) is 0. The van der Waals surface area contributed by atoms with E-state index in [0.29, 0.717) is 0 Å². The number of piperidine rings is 1. The van der Waals surface area contributed by atoms with Crippen LogP contribution in [0.5, 0.6) is 0 Å². The van der Waals surface area contributed by atoms with Crippen molar-refractivity contribution in [3.63, 3.8) is 0 Å². The molecule has 2 aliphatic heterocycles. The molecule has 2 fully saturated rings. The first-order valence-electron chi connectivity index (χ1n) is 6.68. The van der Waals surface area contributed by atoms with Crippen molar-refractivity contribution in [1.29, 1.82) is 0 Å². The number of methoxy groups -OCH3 is 1. The molecule has 0 saturated carbocycles. The van der Waals surface area contributed by atoms with Crippen molar-refractivity contribution >= 4 is 0 Å². The highest BCUT2D eigenvalue weighted by Gasteiger charge is 2.36. The number of hydrogen-bond acceptors (Lipinski definition) is 4. The van der Waals surface area contributed by atoms with E-state index >= 15 is 0 Å². The second kappa shape index (κ2) is 6.14. The van der Waals surface area contributed by atoms with Crippen LogP contribution in [-0.2, 0) is 9.47 Å². The van der Waals surface area contributed by atoms with Crippen LogP contribution in [0.3, 0.4) is 0 Å². The molecule has 2 rings (SSSR count). The predicted octanol–water partition coefficient (Wildman–Crippen LogP) is 0.744. The van der Waals surface area contributed by atoms with E-state index in [9.17, 15) is 5.11 Å². The summed E-state index contributed by atoms with van der Waals surface area (Å²) in [6.07, 6.45) is 3.44. The van der Waals surface area contributed by atoms with Gasteiger partial charge in [0, 0.05) is 32.3 Å². The Bertz CT molecular complexity index is 221. The first-order valence-corrected chi connectivity index (χ1v) is 6.68. The minimum Gasteiger partial charge on any atom is -0.396 e. The minimum absolute atomic E-state index is 0.00803. The van der Waals surface area contributed by atoms with Gasteiger partial charge in [-0.05, 0) is 38.3 Å². The van der Waals surface area contributed by atoms with Gasteiger partial charge < -0.3 is 19.5 Å². The van der Waals surface area contributed by atoms with E-state index in [-0.39, 0.29) is 12.0 Å². The van der Waals surface area contributed by atoms with Crippen LogP contribution in [0.4, 0.5) is 0 Å². The fourth-order valence-corrected chi connectivity index (χ4v) is 2.97. The largest absolute Gasteiger partial charge is 0.396 e. The highest BCUT2D eigenvalue weighted by Crippen LogP contribution is 2.30. The summed E-state index contributed by atoms with van der Waals surface area (Å²) in [4.78, 5) is 2.48. The summed E-state index contributed by atoms with van der Waals surface area (Å²) < 4.78 is 10.7. The fourth-order valence-electron chi connectivity index (χ4n) is 2.97. The lowest BCUT2D eigenvalue weighted by molar-refractivity contribution is 0.0350. The zero-order chi connectivity index (χ0) is 12.1. The van der Waals surface area contributed by atoms with E-state index in [1.807, 2.05) is 0 Å². The van der Waals surface area contributed by atoms with Gasteiger partial charge in [-0.25, -0.2) is 0 Å². The molecule has 2 heterocycles. The molecular weight excluding hydrogens is 218 g/mol. The van der Waals surface area contributed by atoms with E-state index in [4.69, 9.17) is 9.47 Å². The van der Waals surface area contributed by atoms with Crippen LogP contribution in [0.2, 0.25) is 0 Å². The van der Waals surface area contributed by atoms with Gasteiger partial charge in [0.1, 0.15) is 0 Å². The van der Waals surface area contributed by atoms with Gasteiger partial charge >= 0.3 is 0 Å². The average molecular weight is 243 g/mol. The molecule has 0 spiro atoms. The topological polar surface area (TPSA) is 41.9 Å². The second-order valence-electron chi connectivity index (χ2n) is 5.64. The number of rotatable bonds is 5. The molecule has 1 unspecified atom stereocenters. The highest BCUT2D eigenvalue weighted by molar-refractivity contribution is 4.87. The molecule has 0 aromatic rings. The zero-order valence-corrected chi connectivity index (χ0v) is 10.9. The third-order valence-electron chi connectivity index (χ3n) is 4.19. The molecule has 0 bridgehead atoms. The van der Waals surface area contributed by atoms with Gasteiger partial charge in [-0.15, -0.1) is 0 Å². The number of likely N-dealkylation sites (tertiary alicyclic amines) is 1. The van der Waals surface area contributed by atoms with E-state index in [1.54, 1.807) is 7.11 Å². The van der Waals surface area contributed by atoms with E-state index < -0.39 is 0 Å². The first kappa shape index (κ1) is 13.3. The molecule has 2 aliphatic rings. The molecule has 100 valence electrons. The maximum absolute atomic E-state index is 9.56. The van der Waals surface area contributed by atoms with Crippen LogP contribution < -0.4 is 0 Å². The predicted molar refractivity (Wildman–Crippen MR) is 66.0 cm³/mol. The number of ether oxygens (including phenoxy) is 2. The van der Waals surface area contributed by atoms with Gasteiger partial charge in [0.15, 0.2) is 0 Å². The van der Waals surface area contributed by atoms with Crippen molar-refractivity contribution in [3.8, 4) is 0 Å². The molecule has 0 aliphatic carbocycles. The lowest BCUT2D eigenvalue weighted by atomic mass is 9.86. The van der Waals surface area contributed by atoms with Crippen molar-refractivity contribution in [3.05, 3.63) is 0 Å². The maximum Gasteiger partial charge on any atom is 0.0557 e. The standard InChI is InChI=1S/C13H25NO3/c1-16-8-12-2-5-14(6-3-12)9-13(10-15)4-7-17-11-13/h12,15H,2-11H2,1H3. The number of nitrogens with zero attached hydrogens (tertiary/aromatic N) is 1. The molecule has 4 nitrogen and oxygen atoms in total. The van der Waals surface area contributed by atoms with Crippen LogP contribution in [0.1, 0.15) is 19.3 Å². The Morgan fingerprint density at radius 1 is 1.41 bits per heavy atom. The highest BCUT2D eigenvalue weighted by atomic mass is 16.5. The van der Waals surface area contributed by atoms with Crippen LogP contribution in [-0.4, -0.2) is 63.2 Å². The lowest BCUT2D eigenvalue weighted by Crippen LogP contribution is -2.44. The molecule has 1 N–H and O–H groups in total. The molecule has 0 aromatic carbocycles. The second-order valence-corrected chi connectivity index (χ2v) is 5.64. The van der Waals surface area contributed by atoms with Gasteiger partial charge in [-0.3, -0.25) is 0 Å². The third kappa shape index (κ3) is 3.41. The smallest absolute Gasteiger partial charge is 0.0557 e. The Balaban J connectivity index is 1.77. The normalized spacial score (nSPS) is 32.1. The average Bonchev–Trinajstić information content (AvgIpc) is 2.81. The Morgan fingerprint density at radius 3 is 2.71 bits per heavy atom. The van der Waals surface area contributed by atoms with Crippen LogP contribution in [0, 0.1) is 11.3 Å². The van der Waals surface area contributed by atoms with Gasteiger partial charge in [-0.1, -0.05) is 0 Å². The molecule has 0 aromatic heterocycles. The summed E-state index contributed by atoms with van der Waals surface area (Å²) in [7, 11) is 1.78. The van der Waals surface area contributed by atoms with Crippen LogP contribution in [0.25, 0.3) is 0 Å². The van der Waals surface area contributed by atoms with Crippen molar-refractivity contribution in [2.45, 2.75) is 19.3 Å². The van der Waals surface area contributed by atoms with E-state index in [0.717, 1.165) is 51.8 Å². The van der Waals surface area contributed by atoms with E-state index in [2.05, 4.69) is 4.90 Å². The van der Waals surface area contributed by atoms with Gasteiger partial charge in [0.05, 0.1) is 13.2 Å². The van der Waals surface area contributed by atoms with Gasteiger partial charge in [0.25, 0.3) is 0 Å². The summed E-state index contributed by atoms with van der Waals surface area (Å²) in [5, 5.41) is 9.56. The maximum atomic E-state index is 9.56. The first-order chi connectivity index (χ1) is 8.28. The number of aliphatic hydroxyl groups is 1. The van der Waals surface area contributed by atoms with Gasteiger partial charge in [0.2, 0.25) is 0 Å². The molecule has 2 saturated heterocycles. The van der Waals surface area contributed by atoms with Crippen LogP contribution >= 0.6 is 0 Å². The summed E-state index contributed by atoms with van der Waals surface area (Å²) in [6.45, 7) is 5.93. The molecule has 17 heavy (non-hydrogen) atoms. The Morgan fingerprint density at radius 2 is 2.18 bits per heavy atom. The molecule has 0 amide bonds. The van der Waals surface area contributed by atoms with E-state index in [1.165, 1.54) is 12.8 Å².